The number of ether oxygens (including phenoxy) is 1. The molecule has 1 amide bonds. The molecule has 6 heteroatoms. The van der Waals surface area contributed by atoms with Crippen LogP contribution in [0.4, 0.5) is 4.79 Å². The predicted octanol–water partition coefficient (Wildman–Crippen LogP) is 3.14. The largest absolute Gasteiger partial charge is 0.490 e. The van der Waals surface area contributed by atoms with E-state index in [1.54, 1.807) is 31.6 Å². The molecule has 1 N–H and O–H groups in total. The van der Waals surface area contributed by atoms with Gasteiger partial charge in [0.25, 0.3) is 0 Å². The highest BCUT2D eigenvalue weighted by molar-refractivity contribution is 5.66. The Labute approximate surface area is 139 Å². The minimum atomic E-state index is -0.944. The van der Waals surface area contributed by atoms with Gasteiger partial charge in [-0.15, -0.1) is 0 Å². The molecule has 3 rings (SSSR count). The number of nitriles is 1. The van der Waals surface area contributed by atoms with Gasteiger partial charge in [0.1, 0.15) is 12.4 Å². The Morgan fingerprint density at radius 3 is 2.62 bits per heavy atom. The van der Waals surface area contributed by atoms with Crippen LogP contribution in [0, 0.1) is 11.3 Å². The van der Waals surface area contributed by atoms with Gasteiger partial charge in [0.05, 0.1) is 23.4 Å². The van der Waals surface area contributed by atoms with Gasteiger partial charge in [0.15, 0.2) is 0 Å². The van der Waals surface area contributed by atoms with E-state index >= 15 is 0 Å². The van der Waals surface area contributed by atoms with E-state index in [9.17, 15) is 4.79 Å². The number of amides is 1. The SMILES string of the molecule is CN(C(=O)O)C1(COc2cncc(-c3ccc(C#N)cc3)c2)CC1. The molecule has 0 aliphatic heterocycles. The van der Waals surface area contributed by atoms with Crippen LogP contribution in [-0.2, 0) is 0 Å². The number of aromatic nitrogens is 1. The molecule has 24 heavy (non-hydrogen) atoms. The van der Waals surface area contributed by atoms with E-state index in [4.69, 9.17) is 15.1 Å². The Balaban J connectivity index is 1.72. The van der Waals surface area contributed by atoms with Crippen LogP contribution in [0.3, 0.4) is 0 Å². The van der Waals surface area contributed by atoms with Gasteiger partial charge < -0.3 is 14.7 Å². The molecule has 0 spiro atoms. The lowest BCUT2D eigenvalue weighted by atomic mass is 10.1. The Kier molecular flexibility index (Phi) is 4.09. The molecular weight excluding hydrogens is 306 g/mol. The first kappa shape index (κ1) is 15.8. The molecule has 0 saturated heterocycles. The molecule has 1 fully saturated rings. The molecule has 1 saturated carbocycles. The smallest absolute Gasteiger partial charge is 0.407 e. The summed E-state index contributed by atoms with van der Waals surface area (Å²) in [6.45, 7) is 0.314. The summed E-state index contributed by atoms with van der Waals surface area (Å²) in [6, 6.07) is 11.2. The third-order valence-corrected chi connectivity index (χ3v) is 4.39. The van der Waals surface area contributed by atoms with Crippen molar-refractivity contribution in [3.05, 3.63) is 48.3 Å². The summed E-state index contributed by atoms with van der Waals surface area (Å²) >= 11 is 0. The van der Waals surface area contributed by atoms with Crippen LogP contribution in [0.5, 0.6) is 5.75 Å². The number of carboxylic acid groups (broad SMARTS) is 1. The Bertz CT molecular complexity index is 792. The third kappa shape index (κ3) is 3.15. The molecular formula is C18H17N3O3. The van der Waals surface area contributed by atoms with Gasteiger partial charge in [0, 0.05) is 18.8 Å². The van der Waals surface area contributed by atoms with E-state index in [-0.39, 0.29) is 0 Å². The van der Waals surface area contributed by atoms with E-state index in [0.29, 0.717) is 17.9 Å². The molecule has 0 atom stereocenters. The van der Waals surface area contributed by atoms with Crippen molar-refractivity contribution < 1.29 is 14.6 Å². The standard InChI is InChI=1S/C18H17N3O3/c1-21(17(22)23)18(6-7-18)12-24-16-8-15(10-20-11-16)14-4-2-13(9-19)3-5-14/h2-5,8,10-11H,6-7,12H2,1H3,(H,22,23). The van der Waals surface area contributed by atoms with Gasteiger partial charge in [-0.2, -0.15) is 5.26 Å². The van der Waals surface area contributed by atoms with Crippen molar-refractivity contribution in [1.29, 1.82) is 5.26 Å². The van der Waals surface area contributed by atoms with Crippen LogP contribution in [-0.4, -0.2) is 40.3 Å². The lowest BCUT2D eigenvalue weighted by Gasteiger charge is -2.25. The van der Waals surface area contributed by atoms with E-state index in [2.05, 4.69) is 11.1 Å². The van der Waals surface area contributed by atoms with Crippen LogP contribution in [0.1, 0.15) is 18.4 Å². The molecule has 0 unspecified atom stereocenters. The highest BCUT2D eigenvalue weighted by atomic mass is 16.5. The minimum Gasteiger partial charge on any atom is -0.490 e. The summed E-state index contributed by atoms with van der Waals surface area (Å²) in [7, 11) is 1.57. The average molecular weight is 323 g/mol. The first-order valence-corrected chi connectivity index (χ1v) is 7.59. The van der Waals surface area contributed by atoms with E-state index in [1.807, 2.05) is 18.2 Å². The second-order valence-electron chi connectivity index (χ2n) is 5.95. The monoisotopic (exact) mass is 323 g/mol. The Hall–Kier alpha value is -3.07. The van der Waals surface area contributed by atoms with Crippen molar-refractivity contribution in [2.45, 2.75) is 18.4 Å². The van der Waals surface area contributed by atoms with Gasteiger partial charge in [-0.3, -0.25) is 4.98 Å². The number of hydrogen-bond donors (Lipinski definition) is 1. The van der Waals surface area contributed by atoms with Crippen molar-refractivity contribution in [3.63, 3.8) is 0 Å². The summed E-state index contributed by atoms with van der Waals surface area (Å²) < 4.78 is 5.79. The first-order valence-electron chi connectivity index (χ1n) is 7.59. The van der Waals surface area contributed by atoms with Crippen LogP contribution >= 0.6 is 0 Å². The van der Waals surface area contributed by atoms with Crippen LogP contribution in [0.2, 0.25) is 0 Å². The van der Waals surface area contributed by atoms with E-state index < -0.39 is 11.6 Å². The number of rotatable bonds is 5. The molecule has 0 radical (unpaired) electrons. The molecule has 2 aromatic rings. The number of likely N-dealkylation sites (N-methyl/N-ethyl adjacent to an activating group) is 1. The zero-order chi connectivity index (χ0) is 17.2. The zero-order valence-corrected chi connectivity index (χ0v) is 13.3. The van der Waals surface area contributed by atoms with Crippen LogP contribution in [0.25, 0.3) is 11.1 Å². The second-order valence-corrected chi connectivity index (χ2v) is 5.95. The van der Waals surface area contributed by atoms with Gasteiger partial charge in [-0.1, -0.05) is 12.1 Å². The number of pyridine rings is 1. The lowest BCUT2D eigenvalue weighted by molar-refractivity contribution is 0.109. The fourth-order valence-corrected chi connectivity index (χ4v) is 2.53. The van der Waals surface area contributed by atoms with Crippen molar-refractivity contribution >= 4 is 6.09 Å². The fourth-order valence-electron chi connectivity index (χ4n) is 2.53. The van der Waals surface area contributed by atoms with Gasteiger partial charge in [-0.25, -0.2) is 4.79 Å². The van der Waals surface area contributed by atoms with Crippen LogP contribution < -0.4 is 4.74 Å². The highest BCUT2D eigenvalue weighted by Gasteiger charge is 2.49. The predicted molar refractivity (Wildman–Crippen MR) is 87.6 cm³/mol. The van der Waals surface area contributed by atoms with Crippen molar-refractivity contribution in [2.75, 3.05) is 13.7 Å². The first-order chi connectivity index (χ1) is 11.5. The van der Waals surface area contributed by atoms with Gasteiger partial charge >= 0.3 is 6.09 Å². The zero-order valence-electron chi connectivity index (χ0n) is 13.3. The Morgan fingerprint density at radius 2 is 2.04 bits per heavy atom. The molecule has 122 valence electrons. The highest BCUT2D eigenvalue weighted by Crippen LogP contribution is 2.41. The molecule has 6 nitrogen and oxygen atoms in total. The van der Waals surface area contributed by atoms with Crippen molar-refractivity contribution in [3.8, 4) is 22.9 Å². The van der Waals surface area contributed by atoms with E-state index in [0.717, 1.165) is 24.0 Å². The summed E-state index contributed by atoms with van der Waals surface area (Å²) in [6.07, 6.45) is 4.01. The van der Waals surface area contributed by atoms with Gasteiger partial charge in [0.2, 0.25) is 0 Å². The summed E-state index contributed by atoms with van der Waals surface area (Å²) in [5.74, 6) is 0.599. The van der Waals surface area contributed by atoms with Crippen molar-refractivity contribution in [1.82, 2.24) is 9.88 Å². The maximum Gasteiger partial charge on any atom is 0.407 e. The quantitative estimate of drug-likeness (QED) is 0.913. The summed E-state index contributed by atoms with van der Waals surface area (Å²) in [4.78, 5) is 16.6. The molecule has 1 aromatic heterocycles. The Morgan fingerprint density at radius 1 is 1.33 bits per heavy atom. The van der Waals surface area contributed by atoms with Crippen LogP contribution in [0.15, 0.2) is 42.7 Å². The second kappa shape index (κ2) is 6.20. The molecule has 1 aromatic carbocycles. The molecule has 1 aliphatic rings. The maximum atomic E-state index is 11.1. The maximum absolute atomic E-state index is 11.1. The number of carbonyl (C=O) groups is 1. The fraction of sp³-hybridized carbons (Fsp3) is 0.278. The number of hydrogen-bond acceptors (Lipinski definition) is 4. The number of benzene rings is 1. The summed E-state index contributed by atoms with van der Waals surface area (Å²) in [5.41, 5.74) is 2.01. The number of nitrogens with zero attached hydrogens (tertiary/aromatic N) is 3. The summed E-state index contributed by atoms with van der Waals surface area (Å²) in [5, 5.41) is 18.0. The topological polar surface area (TPSA) is 86.5 Å². The third-order valence-electron chi connectivity index (χ3n) is 4.39. The molecule has 1 aliphatic carbocycles. The minimum absolute atomic E-state index is 0.314. The average Bonchev–Trinajstić information content (AvgIpc) is 3.41. The molecule has 1 heterocycles. The van der Waals surface area contributed by atoms with Gasteiger partial charge in [-0.05, 0) is 36.6 Å². The van der Waals surface area contributed by atoms with E-state index in [1.165, 1.54) is 4.90 Å². The van der Waals surface area contributed by atoms with Crippen molar-refractivity contribution in [2.24, 2.45) is 0 Å². The normalized spacial score (nSPS) is 14.5. The molecule has 0 bridgehead atoms. The lowest BCUT2D eigenvalue weighted by Crippen LogP contribution is -2.42.